The van der Waals surface area contributed by atoms with Crippen LogP contribution in [0.4, 0.5) is 0 Å². The van der Waals surface area contributed by atoms with E-state index in [1.807, 2.05) is 13.8 Å². The second-order valence-corrected chi connectivity index (χ2v) is 5.77. The van der Waals surface area contributed by atoms with Gasteiger partial charge in [0.2, 0.25) is 5.91 Å². The van der Waals surface area contributed by atoms with E-state index in [0.717, 1.165) is 5.75 Å². The number of rotatable bonds is 6. The molecular formula is C14H23ClN2OS. The maximum absolute atomic E-state index is 11.6. The van der Waals surface area contributed by atoms with Gasteiger partial charge in [0.15, 0.2) is 0 Å². The summed E-state index contributed by atoms with van der Waals surface area (Å²) in [6.45, 7) is 6.46. The molecule has 1 aromatic rings. The van der Waals surface area contributed by atoms with Crippen molar-refractivity contribution in [1.29, 1.82) is 0 Å². The lowest BCUT2D eigenvalue weighted by molar-refractivity contribution is -0.124. The van der Waals surface area contributed by atoms with Gasteiger partial charge in [-0.3, -0.25) is 4.79 Å². The van der Waals surface area contributed by atoms with Gasteiger partial charge in [-0.1, -0.05) is 24.6 Å². The third-order valence-corrected chi connectivity index (χ3v) is 3.91. The average molecular weight is 303 g/mol. The summed E-state index contributed by atoms with van der Waals surface area (Å²) in [4.78, 5) is 12.9. The van der Waals surface area contributed by atoms with Crippen molar-refractivity contribution < 1.29 is 4.79 Å². The van der Waals surface area contributed by atoms with E-state index in [9.17, 15) is 4.79 Å². The topological polar surface area (TPSA) is 55.1 Å². The predicted octanol–water partition coefficient (Wildman–Crippen LogP) is 2.61. The molecule has 0 aliphatic rings. The van der Waals surface area contributed by atoms with Crippen molar-refractivity contribution in [3.8, 4) is 0 Å². The highest BCUT2D eigenvalue weighted by Crippen LogP contribution is 2.17. The van der Waals surface area contributed by atoms with Crippen LogP contribution in [-0.4, -0.2) is 24.2 Å². The van der Waals surface area contributed by atoms with Crippen LogP contribution in [-0.2, 0) is 4.79 Å². The molecule has 0 aliphatic heterocycles. The Balaban J connectivity index is 0.00000324. The Bertz CT molecular complexity index is 382. The molecule has 1 aromatic carbocycles. The van der Waals surface area contributed by atoms with Gasteiger partial charge in [-0.2, -0.15) is 0 Å². The fourth-order valence-electron chi connectivity index (χ4n) is 1.38. The summed E-state index contributed by atoms with van der Waals surface area (Å²) >= 11 is 1.75. The van der Waals surface area contributed by atoms with Crippen LogP contribution in [0, 0.1) is 12.8 Å². The molecule has 0 spiro atoms. The van der Waals surface area contributed by atoms with Crippen molar-refractivity contribution in [3.05, 3.63) is 29.8 Å². The number of hydrogen-bond acceptors (Lipinski definition) is 3. The van der Waals surface area contributed by atoms with E-state index < -0.39 is 0 Å². The quantitative estimate of drug-likeness (QED) is 0.627. The molecule has 0 heterocycles. The average Bonchev–Trinajstić information content (AvgIpc) is 2.35. The normalized spacial score (nSPS) is 13.3. The zero-order valence-electron chi connectivity index (χ0n) is 11.7. The fourth-order valence-corrected chi connectivity index (χ4v) is 2.15. The van der Waals surface area contributed by atoms with Crippen LogP contribution in [0.2, 0.25) is 0 Å². The van der Waals surface area contributed by atoms with Crippen molar-refractivity contribution >= 4 is 30.1 Å². The first-order valence-electron chi connectivity index (χ1n) is 6.23. The zero-order valence-corrected chi connectivity index (χ0v) is 13.3. The lowest BCUT2D eigenvalue weighted by atomic mass is 10.0. The molecule has 0 saturated carbocycles. The maximum atomic E-state index is 11.6. The van der Waals surface area contributed by atoms with Gasteiger partial charge in [0.25, 0.3) is 0 Å². The number of aryl methyl sites for hydroxylation is 1. The minimum absolute atomic E-state index is 0. The summed E-state index contributed by atoms with van der Waals surface area (Å²) in [6.07, 6.45) is 0. The Labute approximate surface area is 126 Å². The number of carbonyl (C=O) groups excluding carboxylic acids is 1. The molecule has 0 saturated heterocycles. The van der Waals surface area contributed by atoms with Crippen LogP contribution < -0.4 is 11.1 Å². The van der Waals surface area contributed by atoms with Gasteiger partial charge in [-0.25, -0.2) is 0 Å². The summed E-state index contributed by atoms with van der Waals surface area (Å²) in [5.41, 5.74) is 6.94. The monoisotopic (exact) mass is 302 g/mol. The highest BCUT2D eigenvalue weighted by molar-refractivity contribution is 7.99. The van der Waals surface area contributed by atoms with Crippen LogP contribution >= 0.6 is 24.2 Å². The molecule has 0 fully saturated rings. The molecule has 3 nitrogen and oxygen atoms in total. The molecule has 19 heavy (non-hydrogen) atoms. The SMILES string of the molecule is Cc1ccc(SCCNC(=O)C(C)C(C)N)cc1.Cl. The van der Waals surface area contributed by atoms with Gasteiger partial charge in [-0.15, -0.1) is 24.2 Å². The number of hydrogen-bond donors (Lipinski definition) is 2. The molecule has 2 atom stereocenters. The lowest BCUT2D eigenvalue weighted by Gasteiger charge is -2.15. The van der Waals surface area contributed by atoms with E-state index in [4.69, 9.17) is 5.73 Å². The molecule has 1 rings (SSSR count). The van der Waals surface area contributed by atoms with E-state index in [0.29, 0.717) is 6.54 Å². The molecule has 0 aromatic heterocycles. The fraction of sp³-hybridized carbons (Fsp3) is 0.500. The third-order valence-electron chi connectivity index (χ3n) is 2.89. The van der Waals surface area contributed by atoms with E-state index in [2.05, 4.69) is 36.5 Å². The number of nitrogens with two attached hydrogens (primary N) is 1. The van der Waals surface area contributed by atoms with Crippen molar-refractivity contribution in [2.24, 2.45) is 11.7 Å². The minimum Gasteiger partial charge on any atom is -0.355 e. The first kappa shape index (κ1) is 18.3. The largest absolute Gasteiger partial charge is 0.355 e. The number of halogens is 1. The standard InChI is InChI=1S/C14H22N2OS.ClH/c1-10-4-6-13(7-5-10)18-9-8-16-14(17)11(2)12(3)15;/h4-7,11-12H,8-9,15H2,1-3H3,(H,16,17);1H. The Kier molecular flexibility index (Phi) is 8.89. The van der Waals surface area contributed by atoms with Crippen LogP contribution in [0.1, 0.15) is 19.4 Å². The highest BCUT2D eigenvalue weighted by Gasteiger charge is 2.15. The minimum atomic E-state index is -0.130. The Morgan fingerprint density at radius 2 is 1.89 bits per heavy atom. The maximum Gasteiger partial charge on any atom is 0.224 e. The smallest absolute Gasteiger partial charge is 0.224 e. The summed E-state index contributed by atoms with van der Waals surface area (Å²) < 4.78 is 0. The number of carbonyl (C=O) groups is 1. The Hall–Kier alpha value is -0.710. The molecule has 0 bridgehead atoms. The van der Waals surface area contributed by atoms with Gasteiger partial charge >= 0.3 is 0 Å². The van der Waals surface area contributed by atoms with Gasteiger partial charge in [0, 0.05) is 29.2 Å². The van der Waals surface area contributed by atoms with Crippen molar-refractivity contribution in [1.82, 2.24) is 5.32 Å². The van der Waals surface area contributed by atoms with Gasteiger partial charge in [0.05, 0.1) is 0 Å². The third kappa shape index (κ3) is 6.85. The van der Waals surface area contributed by atoms with Gasteiger partial charge in [0.1, 0.15) is 0 Å². The Morgan fingerprint density at radius 3 is 2.42 bits per heavy atom. The summed E-state index contributed by atoms with van der Waals surface area (Å²) in [7, 11) is 0. The number of amides is 1. The molecule has 3 N–H and O–H groups in total. The van der Waals surface area contributed by atoms with E-state index in [1.165, 1.54) is 10.5 Å². The molecule has 0 radical (unpaired) electrons. The van der Waals surface area contributed by atoms with Gasteiger partial charge < -0.3 is 11.1 Å². The van der Waals surface area contributed by atoms with Crippen LogP contribution in [0.15, 0.2) is 29.2 Å². The molecule has 0 aliphatic carbocycles. The van der Waals surface area contributed by atoms with Crippen LogP contribution in [0.5, 0.6) is 0 Å². The summed E-state index contributed by atoms with van der Waals surface area (Å²) in [6, 6.07) is 8.30. The molecule has 108 valence electrons. The van der Waals surface area contributed by atoms with Crippen molar-refractivity contribution in [2.75, 3.05) is 12.3 Å². The van der Waals surface area contributed by atoms with Crippen LogP contribution in [0.25, 0.3) is 0 Å². The van der Waals surface area contributed by atoms with Crippen molar-refractivity contribution in [2.45, 2.75) is 31.7 Å². The lowest BCUT2D eigenvalue weighted by Crippen LogP contribution is -2.39. The predicted molar refractivity (Wildman–Crippen MR) is 85.0 cm³/mol. The second-order valence-electron chi connectivity index (χ2n) is 4.60. The Morgan fingerprint density at radius 1 is 1.32 bits per heavy atom. The molecular weight excluding hydrogens is 280 g/mol. The second kappa shape index (κ2) is 9.23. The van der Waals surface area contributed by atoms with E-state index in [-0.39, 0.29) is 30.3 Å². The summed E-state index contributed by atoms with van der Waals surface area (Å²) in [5, 5.41) is 2.91. The summed E-state index contributed by atoms with van der Waals surface area (Å²) in [5.74, 6) is 0.782. The molecule has 5 heteroatoms. The van der Waals surface area contributed by atoms with Crippen molar-refractivity contribution in [3.63, 3.8) is 0 Å². The van der Waals surface area contributed by atoms with Crippen LogP contribution in [0.3, 0.4) is 0 Å². The number of benzene rings is 1. The first-order chi connectivity index (χ1) is 8.50. The highest BCUT2D eigenvalue weighted by atomic mass is 35.5. The first-order valence-corrected chi connectivity index (χ1v) is 7.22. The number of thioether (sulfide) groups is 1. The van der Waals surface area contributed by atoms with E-state index >= 15 is 0 Å². The van der Waals surface area contributed by atoms with Gasteiger partial charge in [-0.05, 0) is 26.0 Å². The molecule has 1 amide bonds. The van der Waals surface area contributed by atoms with E-state index in [1.54, 1.807) is 11.8 Å². The molecule has 2 unspecified atom stereocenters. The zero-order chi connectivity index (χ0) is 13.5. The number of nitrogens with one attached hydrogen (secondary N) is 1.